The number of hydrogen-bond acceptors (Lipinski definition) is 3. The molecule has 1 unspecified atom stereocenters. The molecule has 5 nitrogen and oxygen atoms in total. The van der Waals surface area contributed by atoms with Crippen molar-refractivity contribution in [2.75, 3.05) is 5.32 Å². The molecular formula is C16H26ClN3O2. The zero-order valence-electron chi connectivity index (χ0n) is 13.6. The molecule has 6 heteroatoms. The van der Waals surface area contributed by atoms with Gasteiger partial charge >= 0.3 is 0 Å². The smallest absolute Gasteiger partial charge is 0.225 e. The number of carbonyl (C=O) groups excluding carboxylic acids is 2. The molecule has 0 spiro atoms. The monoisotopic (exact) mass is 327 g/mol. The molecule has 0 saturated carbocycles. The number of nitrogens with one attached hydrogen (secondary N) is 1. The van der Waals surface area contributed by atoms with E-state index in [1.54, 1.807) is 18.7 Å². The molecule has 0 fully saturated rings. The third-order valence-corrected chi connectivity index (χ3v) is 3.13. The highest BCUT2D eigenvalue weighted by Gasteiger charge is 2.13. The maximum atomic E-state index is 11.6. The molecule has 1 rings (SSSR count). The quantitative estimate of drug-likeness (QED) is 0.843. The van der Waals surface area contributed by atoms with Crippen LogP contribution in [0.3, 0.4) is 0 Å². The number of nitrogens with two attached hydrogens (primary N) is 1. The second kappa shape index (κ2) is 9.43. The lowest BCUT2D eigenvalue weighted by Crippen LogP contribution is -2.34. The molecule has 0 aliphatic rings. The molecule has 3 N–H and O–H groups in total. The minimum atomic E-state index is -0.153. The van der Waals surface area contributed by atoms with E-state index in [-0.39, 0.29) is 36.3 Å². The molecule has 124 valence electrons. The van der Waals surface area contributed by atoms with Crippen molar-refractivity contribution in [3.63, 3.8) is 0 Å². The Morgan fingerprint density at radius 1 is 1.18 bits per heavy atom. The fourth-order valence-electron chi connectivity index (χ4n) is 2.05. The largest absolute Gasteiger partial charge is 0.336 e. The van der Waals surface area contributed by atoms with E-state index in [1.807, 2.05) is 38.1 Å². The minimum Gasteiger partial charge on any atom is -0.336 e. The van der Waals surface area contributed by atoms with Crippen LogP contribution in [-0.2, 0) is 16.1 Å². The van der Waals surface area contributed by atoms with E-state index in [4.69, 9.17) is 5.73 Å². The van der Waals surface area contributed by atoms with E-state index >= 15 is 0 Å². The summed E-state index contributed by atoms with van der Waals surface area (Å²) in [5.41, 5.74) is 7.36. The maximum Gasteiger partial charge on any atom is 0.225 e. The van der Waals surface area contributed by atoms with Crippen LogP contribution in [0.2, 0.25) is 0 Å². The van der Waals surface area contributed by atoms with Crippen molar-refractivity contribution in [2.45, 2.75) is 52.7 Å². The lowest BCUT2D eigenvalue weighted by molar-refractivity contribution is -0.131. The van der Waals surface area contributed by atoms with Crippen LogP contribution in [0.5, 0.6) is 0 Å². The summed E-state index contributed by atoms with van der Waals surface area (Å²) in [5.74, 6) is -0.0374. The second-order valence-corrected chi connectivity index (χ2v) is 5.67. The van der Waals surface area contributed by atoms with E-state index in [0.717, 1.165) is 11.3 Å². The molecule has 0 radical (unpaired) electrons. The van der Waals surface area contributed by atoms with Gasteiger partial charge in [0.25, 0.3) is 0 Å². The third kappa shape index (κ3) is 6.91. The lowest BCUT2D eigenvalue weighted by atomic mass is 10.1. The fourth-order valence-corrected chi connectivity index (χ4v) is 2.05. The first-order valence-corrected chi connectivity index (χ1v) is 7.21. The van der Waals surface area contributed by atoms with Crippen molar-refractivity contribution < 1.29 is 9.59 Å². The Morgan fingerprint density at radius 2 is 1.73 bits per heavy atom. The van der Waals surface area contributed by atoms with Gasteiger partial charge in [-0.3, -0.25) is 9.59 Å². The summed E-state index contributed by atoms with van der Waals surface area (Å²) < 4.78 is 0. The summed E-state index contributed by atoms with van der Waals surface area (Å²) in [7, 11) is 0. The Labute approximate surface area is 138 Å². The first-order chi connectivity index (χ1) is 9.79. The first-order valence-electron chi connectivity index (χ1n) is 7.21. The predicted molar refractivity (Wildman–Crippen MR) is 91.9 cm³/mol. The van der Waals surface area contributed by atoms with Crippen LogP contribution in [-0.4, -0.2) is 28.8 Å². The molecule has 1 atom stereocenters. The van der Waals surface area contributed by atoms with Crippen molar-refractivity contribution in [3.05, 3.63) is 29.8 Å². The molecule has 0 aliphatic heterocycles. The van der Waals surface area contributed by atoms with Crippen LogP contribution < -0.4 is 11.1 Å². The Balaban J connectivity index is 0.00000441. The highest BCUT2D eigenvalue weighted by Crippen LogP contribution is 2.13. The zero-order chi connectivity index (χ0) is 16.0. The van der Waals surface area contributed by atoms with Gasteiger partial charge in [0.1, 0.15) is 0 Å². The molecule has 1 aromatic carbocycles. The number of benzene rings is 1. The van der Waals surface area contributed by atoms with Crippen molar-refractivity contribution in [1.29, 1.82) is 0 Å². The number of carbonyl (C=O) groups is 2. The molecule has 0 aromatic heterocycles. The number of anilines is 1. The highest BCUT2D eigenvalue weighted by molar-refractivity contribution is 5.91. The van der Waals surface area contributed by atoms with Gasteiger partial charge < -0.3 is 16.0 Å². The van der Waals surface area contributed by atoms with Crippen LogP contribution in [0.1, 0.15) is 39.7 Å². The van der Waals surface area contributed by atoms with Gasteiger partial charge in [0.15, 0.2) is 0 Å². The summed E-state index contributed by atoms with van der Waals surface area (Å²) in [6, 6.07) is 7.52. The first kappa shape index (κ1) is 20.4. The molecule has 1 aromatic rings. The van der Waals surface area contributed by atoms with Gasteiger partial charge in [-0.1, -0.05) is 12.1 Å². The minimum absolute atomic E-state index is 0. The van der Waals surface area contributed by atoms with Crippen LogP contribution in [0, 0.1) is 0 Å². The van der Waals surface area contributed by atoms with Gasteiger partial charge in [0.2, 0.25) is 11.8 Å². The molecule has 0 saturated heterocycles. The molecule has 2 amide bonds. The van der Waals surface area contributed by atoms with Gasteiger partial charge in [-0.05, 0) is 38.5 Å². The van der Waals surface area contributed by atoms with Gasteiger partial charge in [-0.15, -0.1) is 12.4 Å². The van der Waals surface area contributed by atoms with Gasteiger partial charge in [-0.25, -0.2) is 0 Å². The van der Waals surface area contributed by atoms with Gasteiger partial charge in [-0.2, -0.15) is 0 Å². The number of hydrogen-bond donors (Lipinski definition) is 2. The molecule has 0 bridgehead atoms. The van der Waals surface area contributed by atoms with Crippen molar-refractivity contribution in [1.82, 2.24) is 4.90 Å². The molecular weight excluding hydrogens is 302 g/mol. The van der Waals surface area contributed by atoms with Crippen molar-refractivity contribution in [3.8, 4) is 0 Å². The fraction of sp³-hybridized carbons (Fsp3) is 0.500. The van der Waals surface area contributed by atoms with E-state index in [0.29, 0.717) is 13.0 Å². The van der Waals surface area contributed by atoms with Crippen molar-refractivity contribution >= 4 is 29.9 Å². The predicted octanol–water partition coefficient (Wildman–Crippen LogP) is 2.54. The third-order valence-electron chi connectivity index (χ3n) is 3.13. The van der Waals surface area contributed by atoms with E-state index in [2.05, 4.69) is 5.32 Å². The number of nitrogens with zero attached hydrogens (tertiary/aromatic N) is 1. The zero-order valence-corrected chi connectivity index (χ0v) is 14.4. The highest BCUT2D eigenvalue weighted by atomic mass is 35.5. The average Bonchev–Trinajstić information content (AvgIpc) is 2.35. The molecule has 0 heterocycles. The second-order valence-electron chi connectivity index (χ2n) is 5.67. The average molecular weight is 328 g/mol. The van der Waals surface area contributed by atoms with Crippen LogP contribution in [0.25, 0.3) is 0 Å². The van der Waals surface area contributed by atoms with E-state index < -0.39 is 0 Å². The summed E-state index contributed by atoms with van der Waals surface area (Å²) in [6.07, 6.45) is 0.299. The number of halogens is 1. The standard InChI is InChI=1S/C16H25N3O2.ClH/c1-11(2)19(13(4)20)10-14-5-7-15(8-6-14)18-16(21)9-12(3)17;/h5-8,11-12H,9-10,17H2,1-4H3,(H,18,21);1H. The normalized spacial score (nSPS) is 11.5. The number of amides is 2. The number of rotatable bonds is 6. The maximum absolute atomic E-state index is 11.6. The molecule has 0 aliphatic carbocycles. The Kier molecular flexibility index (Phi) is 8.75. The summed E-state index contributed by atoms with van der Waals surface area (Å²) >= 11 is 0. The van der Waals surface area contributed by atoms with Gasteiger partial charge in [0, 0.05) is 37.7 Å². The van der Waals surface area contributed by atoms with E-state index in [1.165, 1.54) is 0 Å². The summed E-state index contributed by atoms with van der Waals surface area (Å²) in [5, 5.41) is 2.80. The van der Waals surface area contributed by atoms with E-state index in [9.17, 15) is 9.59 Å². The Bertz CT molecular complexity index is 487. The Hall–Kier alpha value is -1.59. The van der Waals surface area contributed by atoms with Gasteiger partial charge in [0.05, 0.1) is 0 Å². The topological polar surface area (TPSA) is 75.4 Å². The summed E-state index contributed by atoms with van der Waals surface area (Å²) in [4.78, 5) is 25.0. The van der Waals surface area contributed by atoms with Crippen molar-refractivity contribution in [2.24, 2.45) is 5.73 Å². The SMILES string of the molecule is CC(=O)N(Cc1ccc(NC(=O)CC(C)N)cc1)C(C)C.Cl. The lowest BCUT2D eigenvalue weighted by Gasteiger charge is -2.25. The summed E-state index contributed by atoms with van der Waals surface area (Å²) in [6.45, 7) is 7.92. The van der Waals surface area contributed by atoms with Crippen LogP contribution in [0.4, 0.5) is 5.69 Å². The van der Waals surface area contributed by atoms with Crippen LogP contribution in [0.15, 0.2) is 24.3 Å². The van der Waals surface area contributed by atoms with Crippen LogP contribution >= 0.6 is 12.4 Å². The Morgan fingerprint density at radius 3 is 2.14 bits per heavy atom. The molecule has 22 heavy (non-hydrogen) atoms.